The van der Waals surface area contributed by atoms with Crippen LogP contribution in [-0.2, 0) is 17.7 Å². The Hall–Kier alpha value is -3.16. The number of aromatic nitrogens is 2. The lowest BCUT2D eigenvalue weighted by Gasteiger charge is -2.17. The third kappa shape index (κ3) is 4.47. The van der Waals surface area contributed by atoms with Crippen molar-refractivity contribution in [1.82, 2.24) is 14.9 Å². The lowest BCUT2D eigenvalue weighted by Crippen LogP contribution is -2.29. The number of carbonyl (C=O) groups is 3. The van der Waals surface area contributed by atoms with E-state index in [4.69, 9.17) is 4.74 Å². The van der Waals surface area contributed by atoms with Crippen LogP contribution in [0.4, 0.5) is 5.69 Å². The molecule has 1 aromatic heterocycles. The second-order valence-corrected chi connectivity index (χ2v) is 7.43. The first-order chi connectivity index (χ1) is 13.9. The number of para-hydroxylation sites is 1. The van der Waals surface area contributed by atoms with Crippen LogP contribution in [-0.4, -0.2) is 41.0 Å². The first-order valence-corrected chi connectivity index (χ1v) is 9.78. The van der Waals surface area contributed by atoms with Gasteiger partial charge in [-0.15, -0.1) is 0 Å². The van der Waals surface area contributed by atoms with Crippen LogP contribution < -0.4 is 10.6 Å². The van der Waals surface area contributed by atoms with E-state index in [0.29, 0.717) is 36.8 Å². The fourth-order valence-electron chi connectivity index (χ4n) is 3.34. The number of nitrogens with zero attached hydrogens (tertiary/aromatic N) is 2. The van der Waals surface area contributed by atoms with Crippen LogP contribution in [0.5, 0.6) is 0 Å². The minimum absolute atomic E-state index is 0.175. The second-order valence-electron chi connectivity index (χ2n) is 7.43. The van der Waals surface area contributed by atoms with Gasteiger partial charge in [0, 0.05) is 13.1 Å². The van der Waals surface area contributed by atoms with Crippen LogP contribution in [0, 0.1) is 5.92 Å². The molecule has 0 unspecified atom stereocenters. The number of benzene rings is 1. The second kappa shape index (κ2) is 8.89. The Morgan fingerprint density at radius 3 is 2.66 bits per heavy atom. The van der Waals surface area contributed by atoms with Crippen LogP contribution in [0.25, 0.3) is 0 Å². The molecule has 0 bridgehead atoms. The smallest absolute Gasteiger partial charge is 0.339 e. The van der Waals surface area contributed by atoms with Crippen LogP contribution >= 0.6 is 0 Å². The summed E-state index contributed by atoms with van der Waals surface area (Å²) in [5, 5.41) is 5.61. The van der Waals surface area contributed by atoms with E-state index in [1.54, 1.807) is 24.3 Å². The van der Waals surface area contributed by atoms with Crippen LogP contribution in [0.2, 0.25) is 0 Å². The molecule has 2 aromatic rings. The maximum Gasteiger partial charge on any atom is 0.339 e. The van der Waals surface area contributed by atoms with Gasteiger partial charge in [-0.2, -0.15) is 0 Å². The molecule has 0 saturated heterocycles. The van der Waals surface area contributed by atoms with Crippen LogP contribution in [0.15, 0.2) is 24.3 Å². The monoisotopic (exact) mass is 398 g/mol. The molecular formula is C21H26N4O4. The molecule has 0 aliphatic carbocycles. The Morgan fingerprint density at radius 1 is 1.17 bits per heavy atom. The summed E-state index contributed by atoms with van der Waals surface area (Å²) < 4.78 is 6.58. The van der Waals surface area contributed by atoms with Crippen molar-refractivity contribution in [2.24, 2.45) is 5.92 Å². The van der Waals surface area contributed by atoms with Crippen LogP contribution in [0.3, 0.4) is 0 Å². The van der Waals surface area contributed by atoms with Gasteiger partial charge in [0.15, 0.2) is 5.82 Å². The molecule has 0 saturated carbocycles. The summed E-state index contributed by atoms with van der Waals surface area (Å²) in [5.74, 6) is -0.783. The number of ether oxygens (including phenoxy) is 1. The predicted molar refractivity (Wildman–Crippen MR) is 108 cm³/mol. The molecular weight excluding hydrogens is 372 g/mol. The highest BCUT2D eigenvalue weighted by Crippen LogP contribution is 2.23. The molecule has 1 aliphatic rings. The molecule has 0 radical (unpaired) electrons. The van der Waals surface area contributed by atoms with Gasteiger partial charge in [-0.05, 0) is 37.3 Å². The number of nitrogens with one attached hydrogen (secondary N) is 2. The van der Waals surface area contributed by atoms with Gasteiger partial charge in [-0.25, -0.2) is 9.78 Å². The Bertz CT molecular complexity index is 933. The van der Waals surface area contributed by atoms with E-state index in [-0.39, 0.29) is 17.3 Å². The molecule has 0 spiro atoms. The van der Waals surface area contributed by atoms with Crippen molar-refractivity contribution in [1.29, 1.82) is 0 Å². The van der Waals surface area contributed by atoms with Crippen LogP contribution in [0.1, 0.15) is 63.8 Å². The highest BCUT2D eigenvalue weighted by Gasteiger charge is 2.28. The van der Waals surface area contributed by atoms with E-state index in [9.17, 15) is 14.4 Å². The summed E-state index contributed by atoms with van der Waals surface area (Å²) >= 11 is 0. The highest BCUT2D eigenvalue weighted by atomic mass is 16.5. The first kappa shape index (κ1) is 20.6. The molecule has 0 fully saturated rings. The molecule has 2 heterocycles. The number of fused-ring (bicyclic) bond motifs is 1. The van der Waals surface area contributed by atoms with E-state index in [0.717, 1.165) is 18.5 Å². The van der Waals surface area contributed by atoms with Crippen molar-refractivity contribution < 1.29 is 19.1 Å². The SMILES string of the molecule is COC(=O)c1ccccc1NC(=O)c1nc(C(=O)NCC(C)C)c2n1CCCC2. The highest BCUT2D eigenvalue weighted by molar-refractivity contribution is 6.07. The van der Waals surface area contributed by atoms with Crippen molar-refractivity contribution in [2.75, 3.05) is 19.0 Å². The molecule has 8 heteroatoms. The minimum Gasteiger partial charge on any atom is -0.465 e. The van der Waals surface area contributed by atoms with E-state index >= 15 is 0 Å². The Morgan fingerprint density at radius 2 is 1.93 bits per heavy atom. The summed E-state index contributed by atoms with van der Waals surface area (Å²) in [6.45, 7) is 5.20. The largest absolute Gasteiger partial charge is 0.465 e. The molecule has 1 aromatic carbocycles. The van der Waals surface area contributed by atoms with Gasteiger partial charge in [0.1, 0.15) is 5.69 Å². The minimum atomic E-state index is -0.542. The predicted octanol–water partition coefficient (Wildman–Crippen LogP) is 2.64. The molecule has 2 N–H and O–H groups in total. The maximum atomic E-state index is 13.0. The van der Waals surface area contributed by atoms with Gasteiger partial charge < -0.3 is 19.9 Å². The number of rotatable bonds is 6. The third-order valence-corrected chi connectivity index (χ3v) is 4.79. The van der Waals surface area contributed by atoms with Crippen molar-refractivity contribution in [3.63, 3.8) is 0 Å². The molecule has 2 amide bonds. The standard InChI is InChI=1S/C21H26N4O4/c1-13(2)12-22-19(26)17-16-10-6-7-11-25(16)18(24-17)20(27)23-15-9-5-4-8-14(15)21(28)29-3/h4-5,8-9,13H,6-7,10-12H2,1-3H3,(H,22,26)(H,23,27). The summed E-state index contributed by atoms with van der Waals surface area (Å²) in [6, 6.07) is 6.61. The van der Waals surface area contributed by atoms with Gasteiger partial charge in [0.05, 0.1) is 24.1 Å². The Balaban J connectivity index is 1.90. The van der Waals surface area contributed by atoms with Gasteiger partial charge >= 0.3 is 5.97 Å². The zero-order valence-electron chi connectivity index (χ0n) is 16.9. The molecule has 154 valence electrons. The van der Waals surface area contributed by atoms with Crippen molar-refractivity contribution in [3.8, 4) is 0 Å². The topological polar surface area (TPSA) is 102 Å². The summed E-state index contributed by atoms with van der Waals surface area (Å²) in [6.07, 6.45) is 2.56. The average Bonchev–Trinajstić information content (AvgIpc) is 3.12. The molecule has 8 nitrogen and oxygen atoms in total. The third-order valence-electron chi connectivity index (χ3n) is 4.79. The van der Waals surface area contributed by atoms with E-state index in [1.807, 2.05) is 18.4 Å². The number of anilines is 1. The summed E-state index contributed by atoms with van der Waals surface area (Å²) in [7, 11) is 1.29. The number of carbonyl (C=O) groups excluding carboxylic acids is 3. The summed E-state index contributed by atoms with van der Waals surface area (Å²) in [5.41, 5.74) is 1.67. The van der Waals surface area contributed by atoms with Gasteiger partial charge in [0.25, 0.3) is 11.8 Å². The normalized spacial score (nSPS) is 13.0. The zero-order chi connectivity index (χ0) is 21.0. The van der Waals surface area contributed by atoms with Gasteiger partial charge in [0.2, 0.25) is 0 Å². The van der Waals surface area contributed by atoms with E-state index in [1.165, 1.54) is 7.11 Å². The van der Waals surface area contributed by atoms with Gasteiger partial charge in [-0.3, -0.25) is 9.59 Å². The first-order valence-electron chi connectivity index (χ1n) is 9.78. The fraction of sp³-hybridized carbons (Fsp3) is 0.429. The van der Waals surface area contributed by atoms with Crippen molar-refractivity contribution in [2.45, 2.75) is 39.7 Å². The lowest BCUT2D eigenvalue weighted by molar-refractivity contribution is 0.0601. The number of hydrogen-bond acceptors (Lipinski definition) is 5. The van der Waals surface area contributed by atoms with E-state index < -0.39 is 11.9 Å². The zero-order valence-corrected chi connectivity index (χ0v) is 16.9. The molecule has 1 aliphatic heterocycles. The summed E-state index contributed by atoms with van der Waals surface area (Å²) in [4.78, 5) is 41.9. The molecule has 3 rings (SSSR count). The number of amides is 2. The lowest BCUT2D eigenvalue weighted by atomic mass is 10.1. The number of methoxy groups -OCH3 is 1. The Kier molecular flexibility index (Phi) is 6.31. The number of hydrogen-bond donors (Lipinski definition) is 2. The van der Waals surface area contributed by atoms with Crippen molar-refractivity contribution >= 4 is 23.5 Å². The van der Waals surface area contributed by atoms with Gasteiger partial charge in [-0.1, -0.05) is 26.0 Å². The van der Waals surface area contributed by atoms with E-state index in [2.05, 4.69) is 15.6 Å². The Labute approximate surface area is 169 Å². The quantitative estimate of drug-likeness (QED) is 0.729. The molecule has 0 atom stereocenters. The molecule has 29 heavy (non-hydrogen) atoms. The fourth-order valence-corrected chi connectivity index (χ4v) is 3.34. The average molecular weight is 398 g/mol. The maximum absolute atomic E-state index is 13.0. The number of esters is 1. The number of imidazole rings is 1. The van der Waals surface area contributed by atoms with Crippen molar-refractivity contribution in [3.05, 3.63) is 47.0 Å².